The van der Waals surface area contributed by atoms with Gasteiger partial charge < -0.3 is 14.7 Å². The highest BCUT2D eigenvalue weighted by atomic mass is 35.5. The van der Waals surface area contributed by atoms with Crippen molar-refractivity contribution in [3.05, 3.63) is 100 Å². The van der Waals surface area contributed by atoms with E-state index in [9.17, 15) is 14.7 Å². The number of amides is 1. The Kier molecular flexibility index (Phi) is 6.23. The summed E-state index contributed by atoms with van der Waals surface area (Å²) in [5.41, 5.74) is 1.87. The molecule has 1 atom stereocenters. The van der Waals surface area contributed by atoms with Crippen LogP contribution in [0, 0.1) is 0 Å². The summed E-state index contributed by atoms with van der Waals surface area (Å²) in [6.07, 6.45) is 2.04. The molecule has 162 valence electrons. The minimum absolute atomic E-state index is 0.00528. The molecular formula is C25H21ClN2O4. The summed E-state index contributed by atoms with van der Waals surface area (Å²) in [5, 5.41) is 11.4. The normalized spacial score (nSPS) is 17.6. The van der Waals surface area contributed by atoms with Gasteiger partial charge in [0, 0.05) is 17.8 Å². The van der Waals surface area contributed by atoms with Crippen LogP contribution in [-0.2, 0) is 16.0 Å². The van der Waals surface area contributed by atoms with Crippen molar-refractivity contribution in [3.63, 3.8) is 0 Å². The number of methoxy groups -OCH3 is 1. The summed E-state index contributed by atoms with van der Waals surface area (Å²) in [6.45, 7) is 0.285. The Hall–Kier alpha value is -3.64. The molecule has 0 radical (unpaired) electrons. The highest BCUT2D eigenvalue weighted by Crippen LogP contribution is 2.39. The number of ether oxygens (including phenoxy) is 1. The van der Waals surface area contributed by atoms with Gasteiger partial charge in [0.15, 0.2) is 5.76 Å². The molecule has 4 rings (SSSR count). The van der Waals surface area contributed by atoms with E-state index in [-0.39, 0.29) is 23.6 Å². The van der Waals surface area contributed by atoms with Crippen molar-refractivity contribution in [1.29, 1.82) is 0 Å². The van der Waals surface area contributed by atoms with E-state index in [1.165, 1.54) is 11.1 Å². The lowest BCUT2D eigenvalue weighted by Gasteiger charge is -2.25. The fourth-order valence-electron chi connectivity index (χ4n) is 3.82. The van der Waals surface area contributed by atoms with Gasteiger partial charge in [0.05, 0.1) is 18.7 Å². The van der Waals surface area contributed by atoms with Crippen LogP contribution in [0.1, 0.15) is 22.9 Å². The second-order valence-electron chi connectivity index (χ2n) is 7.36. The first-order chi connectivity index (χ1) is 15.5. The molecule has 0 saturated carbocycles. The van der Waals surface area contributed by atoms with Gasteiger partial charge in [-0.2, -0.15) is 0 Å². The third-order valence-corrected chi connectivity index (χ3v) is 5.65. The molecule has 1 aliphatic heterocycles. The third kappa shape index (κ3) is 4.22. The van der Waals surface area contributed by atoms with Gasteiger partial charge in [-0.3, -0.25) is 14.6 Å². The quantitative estimate of drug-likeness (QED) is 0.343. The Morgan fingerprint density at radius 1 is 1.09 bits per heavy atom. The van der Waals surface area contributed by atoms with Gasteiger partial charge in [0.2, 0.25) is 0 Å². The van der Waals surface area contributed by atoms with Crippen LogP contribution in [0.2, 0.25) is 5.02 Å². The van der Waals surface area contributed by atoms with E-state index in [1.807, 2.05) is 24.3 Å². The van der Waals surface area contributed by atoms with E-state index in [2.05, 4.69) is 4.98 Å². The molecule has 1 aliphatic rings. The molecular weight excluding hydrogens is 428 g/mol. The number of pyridine rings is 1. The smallest absolute Gasteiger partial charge is 0.295 e. The van der Waals surface area contributed by atoms with Crippen LogP contribution in [0.5, 0.6) is 5.75 Å². The number of ketones is 1. The Morgan fingerprint density at radius 2 is 1.88 bits per heavy atom. The molecule has 2 heterocycles. The first-order valence-corrected chi connectivity index (χ1v) is 10.5. The second kappa shape index (κ2) is 9.24. The summed E-state index contributed by atoms with van der Waals surface area (Å²) in [4.78, 5) is 31.6. The number of carbonyl (C=O) groups is 2. The molecule has 1 N–H and O–H groups in total. The Balaban J connectivity index is 1.74. The van der Waals surface area contributed by atoms with Crippen LogP contribution in [0.4, 0.5) is 0 Å². The predicted octanol–water partition coefficient (Wildman–Crippen LogP) is 4.41. The van der Waals surface area contributed by atoms with Crippen molar-refractivity contribution in [3.8, 4) is 5.75 Å². The van der Waals surface area contributed by atoms with E-state index < -0.39 is 17.7 Å². The lowest BCUT2D eigenvalue weighted by Crippen LogP contribution is -2.31. The Labute approximate surface area is 190 Å². The number of halogens is 1. The lowest BCUT2D eigenvalue weighted by molar-refractivity contribution is -0.139. The number of Topliss-reactive ketones (excluding diaryl/α,β-unsaturated/α-hetero) is 1. The lowest BCUT2D eigenvalue weighted by atomic mass is 9.96. The zero-order valence-electron chi connectivity index (χ0n) is 17.4. The largest absolute Gasteiger partial charge is 0.505 e. The molecule has 32 heavy (non-hydrogen) atoms. The molecule has 1 amide bonds. The maximum atomic E-state index is 13.0. The number of rotatable bonds is 6. The van der Waals surface area contributed by atoms with Crippen molar-refractivity contribution < 1.29 is 19.4 Å². The number of hydrogen-bond acceptors (Lipinski definition) is 5. The highest BCUT2D eigenvalue weighted by Gasteiger charge is 2.46. The number of hydrogen-bond donors (Lipinski definition) is 1. The van der Waals surface area contributed by atoms with Crippen molar-refractivity contribution in [2.24, 2.45) is 0 Å². The van der Waals surface area contributed by atoms with Gasteiger partial charge in [-0.25, -0.2) is 0 Å². The number of aliphatic hydroxyl groups excluding tert-OH is 1. The average Bonchev–Trinajstić information content (AvgIpc) is 3.08. The Morgan fingerprint density at radius 3 is 2.53 bits per heavy atom. The first kappa shape index (κ1) is 21.6. The number of aromatic nitrogens is 1. The maximum absolute atomic E-state index is 13.0. The van der Waals surface area contributed by atoms with Gasteiger partial charge in [-0.15, -0.1) is 0 Å². The monoisotopic (exact) mass is 448 g/mol. The minimum Gasteiger partial charge on any atom is -0.505 e. The van der Waals surface area contributed by atoms with E-state index in [4.69, 9.17) is 16.3 Å². The van der Waals surface area contributed by atoms with E-state index in [0.717, 1.165) is 11.3 Å². The van der Waals surface area contributed by atoms with E-state index >= 15 is 0 Å². The zero-order valence-corrected chi connectivity index (χ0v) is 18.1. The molecule has 1 saturated heterocycles. The maximum Gasteiger partial charge on any atom is 0.295 e. The van der Waals surface area contributed by atoms with Gasteiger partial charge in [0.25, 0.3) is 11.7 Å². The second-order valence-corrected chi connectivity index (χ2v) is 7.80. The Bertz CT molecular complexity index is 1180. The third-order valence-electron chi connectivity index (χ3n) is 5.41. The van der Waals surface area contributed by atoms with Crippen molar-refractivity contribution in [2.45, 2.75) is 12.5 Å². The molecule has 1 aromatic heterocycles. The summed E-state index contributed by atoms with van der Waals surface area (Å²) in [7, 11) is 1.60. The van der Waals surface area contributed by atoms with Crippen LogP contribution in [0.3, 0.4) is 0 Å². The summed E-state index contributed by atoms with van der Waals surface area (Å²) < 4.78 is 5.19. The van der Waals surface area contributed by atoms with Gasteiger partial charge in [-0.1, -0.05) is 41.9 Å². The van der Waals surface area contributed by atoms with Crippen LogP contribution < -0.4 is 4.74 Å². The number of benzene rings is 2. The molecule has 3 aromatic rings. The van der Waals surface area contributed by atoms with Crippen LogP contribution in [0.25, 0.3) is 5.76 Å². The van der Waals surface area contributed by atoms with Gasteiger partial charge >= 0.3 is 0 Å². The predicted molar refractivity (Wildman–Crippen MR) is 121 cm³/mol. The van der Waals surface area contributed by atoms with Crippen molar-refractivity contribution in [2.75, 3.05) is 13.7 Å². The van der Waals surface area contributed by atoms with Crippen molar-refractivity contribution in [1.82, 2.24) is 9.88 Å². The first-order valence-electron chi connectivity index (χ1n) is 10.1. The van der Waals surface area contributed by atoms with Crippen LogP contribution in [0.15, 0.2) is 78.5 Å². The highest BCUT2D eigenvalue weighted by molar-refractivity contribution is 6.46. The molecule has 2 aromatic carbocycles. The zero-order chi connectivity index (χ0) is 22.7. The molecule has 7 heteroatoms. The molecule has 0 spiro atoms. The minimum atomic E-state index is -0.769. The van der Waals surface area contributed by atoms with Crippen LogP contribution >= 0.6 is 11.6 Å². The van der Waals surface area contributed by atoms with Crippen molar-refractivity contribution >= 4 is 29.1 Å². The SMILES string of the molecule is COc1ccc(CCN2C(=O)C(=O)/C(=C(/O)c3ccccn3)C2c2cccc(Cl)c2)cc1. The molecule has 0 aliphatic carbocycles. The number of aliphatic hydroxyl groups is 1. The fraction of sp³-hybridized carbons (Fsp3) is 0.160. The topological polar surface area (TPSA) is 79.7 Å². The molecule has 1 fully saturated rings. The summed E-state index contributed by atoms with van der Waals surface area (Å²) >= 11 is 6.20. The average molecular weight is 449 g/mol. The van der Waals surface area contributed by atoms with Gasteiger partial charge in [0.1, 0.15) is 11.4 Å². The molecule has 0 bridgehead atoms. The molecule has 1 unspecified atom stereocenters. The van der Waals surface area contributed by atoms with E-state index in [0.29, 0.717) is 17.0 Å². The van der Waals surface area contributed by atoms with E-state index in [1.54, 1.807) is 49.6 Å². The summed E-state index contributed by atoms with van der Waals surface area (Å²) in [5.74, 6) is -0.974. The number of nitrogens with zero attached hydrogens (tertiary/aromatic N) is 2. The molecule has 6 nitrogen and oxygen atoms in total. The fourth-order valence-corrected chi connectivity index (χ4v) is 4.02. The number of carbonyl (C=O) groups excluding carboxylic acids is 2. The standard InChI is InChI=1S/C25H21ClN2O4/c1-32-19-10-8-16(9-11-19)12-14-28-22(17-5-4-6-18(26)15-17)21(24(30)25(28)31)23(29)20-7-2-3-13-27-20/h2-11,13,15,22,29H,12,14H2,1H3/b23-21+. The number of likely N-dealkylation sites (tertiary alicyclic amines) is 1. The van der Waals surface area contributed by atoms with Crippen LogP contribution in [-0.4, -0.2) is 40.3 Å². The van der Waals surface area contributed by atoms with Gasteiger partial charge in [-0.05, 0) is 53.9 Å². The summed E-state index contributed by atoms with van der Waals surface area (Å²) in [6, 6.07) is 18.7.